The lowest BCUT2D eigenvalue weighted by Gasteiger charge is -2.21. The molecule has 0 bridgehead atoms. The summed E-state index contributed by atoms with van der Waals surface area (Å²) in [6, 6.07) is 4.02. The molecule has 1 atom stereocenters. The minimum absolute atomic E-state index is 0.493. The second-order valence-corrected chi connectivity index (χ2v) is 6.05. The third kappa shape index (κ3) is 2.79. The molecule has 4 nitrogen and oxygen atoms in total. The number of aromatic nitrogens is 3. The molecule has 0 radical (unpaired) electrons. The first-order chi connectivity index (χ1) is 8.53. The zero-order valence-corrected chi connectivity index (χ0v) is 11.9. The minimum Gasteiger partial charge on any atom is -0.384 e. The minimum atomic E-state index is -0.878. The Hall–Kier alpha value is -1.20. The first kappa shape index (κ1) is 13.2. The van der Waals surface area contributed by atoms with Crippen LogP contribution in [0.1, 0.15) is 35.8 Å². The number of aryl methyl sites for hydroxylation is 2. The maximum atomic E-state index is 10.6. The van der Waals surface area contributed by atoms with Crippen LogP contribution in [0.4, 0.5) is 0 Å². The molecule has 0 aliphatic rings. The maximum Gasteiger partial charge on any atom is 0.138 e. The van der Waals surface area contributed by atoms with Gasteiger partial charge in [0.1, 0.15) is 17.8 Å². The van der Waals surface area contributed by atoms with E-state index in [2.05, 4.69) is 17.0 Å². The van der Waals surface area contributed by atoms with E-state index in [0.29, 0.717) is 6.42 Å². The van der Waals surface area contributed by atoms with Crippen LogP contribution in [0.2, 0.25) is 0 Å². The molecule has 2 heterocycles. The summed E-state index contributed by atoms with van der Waals surface area (Å²) in [5, 5.41) is 14.8. The van der Waals surface area contributed by atoms with E-state index < -0.39 is 5.60 Å². The van der Waals surface area contributed by atoms with Crippen LogP contribution >= 0.6 is 11.3 Å². The second kappa shape index (κ2) is 5.20. The van der Waals surface area contributed by atoms with Gasteiger partial charge in [-0.25, -0.2) is 9.67 Å². The zero-order chi connectivity index (χ0) is 13.2. The van der Waals surface area contributed by atoms with E-state index in [-0.39, 0.29) is 0 Å². The van der Waals surface area contributed by atoms with E-state index in [4.69, 9.17) is 0 Å². The largest absolute Gasteiger partial charge is 0.384 e. The van der Waals surface area contributed by atoms with Crippen LogP contribution in [0.25, 0.3) is 0 Å². The van der Waals surface area contributed by atoms with Gasteiger partial charge in [0.05, 0.1) is 0 Å². The number of rotatable bonds is 5. The van der Waals surface area contributed by atoms with E-state index in [0.717, 1.165) is 23.7 Å². The van der Waals surface area contributed by atoms with Crippen molar-refractivity contribution in [2.45, 2.75) is 45.8 Å². The number of nitrogens with zero attached hydrogens (tertiary/aromatic N) is 3. The molecule has 0 spiro atoms. The van der Waals surface area contributed by atoms with Crippen LogP contribution in [-0.4, -0.2) is 19.9 Å². The summed E-state index contributed by atoms with van der Waals surface area (Å²) in [6.07, 6.45) is 3.06. The Balaban J connectivity index is 2.19. The Morgan fingerprint density at radius 3 is 2.83 bits per heavy atom. The average molecular weight is 265 g/mol. The summed E-state index contributed by atoms with van der Waals surface area (Å²) in [4.78, 5) is 6.44. The van der Waals surface area contributed by atoms with Gasteiger partial charge in [-0.3, -0.25) is 0 Å². The van der Waals surface area contributed by atoms with Crippen molar-refractivity contribution in [3.63, 3.8) is 0 Å². The molecule has 0 saturated heterocycles. The predicted molar refractivity (Wildman–Crippen MR) is 72.6 cm³/mol. The fourth-order valence-corrected chi connectivity index (χ4v) is 2.85. The van der Waals surface area contributed by atoms with Crippen LogP contribution in [0.5, 0.6) is 0 Å². The van der Waals surface area contributed by atoms with Crippen molar-refractivity contribution in [1.29, 1.82) is 0 Å². The quantitative estimate of drug-likeness (QED) is 0.903. The molecule has 0 amide bonds. The Morgan fingerprint density at radius 2 is 2.22 bits per heavy atom. The summed E-state index contributed by atoms with van der Waals surface area (Å²) in [5.41, 5.74) is -0.878. The molecule has 0 aromatic carbocycles. The molecule has 18 heavy (non-hydrogen) atoms. The normalized spacial score (nSPS) is 14.7. The van der Waals surface area contributed by atoms with Crippen molar-refractivity contribution in [2.75, 3.05) is 0 Å². The third-order valence-electron chi connectivity index (χ3n) is 2.90. The summed E-state index contributed by atoms with van der Waals surface area (Å²) >= 11 is 1.63. The van der Waals surface area contributed by atoms with Crippen LogP contribution in [-0.2, 0) is 18.6 Å². The van der Waals surface area contributed by atoms with Crippen molar-refractivity contribution in [2.24, 2.45) is 0 Å². The fraction of sp³-hybridized carbons (Fsp3) is 0.538. The standard InChI is InChI=1S/C13H19N3OS/c1-4-7-16-12(14-9-15-16)8-13(3,17)11-6-5-10(2)18-11/h5-6,9,17H,4,7-8H2,1-3H3. The van der Waals surface area contributed by atoms with Gasteiger partial charge in [0, 0.05) is 22.7 Å². The van der Waals surface area contributed by atoms with Crippen molar-refractivity contribution in [3.8, 4) is 0 Å². The van der Waals surface area contributed by atoms with Crippen LogP contribution in [0.15, 0.2) is 18.5 Å². The molecule has 2 rings (SSSR count). The van der Waals surface area contributed by atoms with E-state index in [1.165, 1.54) is 4.88 Å². The van der Waals surface area contributed by atoms with E-state index in [9.17, 15) is 5.11 Å². The molecule has 5 heteroatoms. The molecule has 0 aliphatic heterocycles. The van der Waals surface area contributed by atoms with Crippen LogP contribution in [0.3, 0.4) is 0 Å². The molecule has 1 unspecified atom stereocenters. The van der Waals surface area contributed by atoms with Gasteiger partial charge in [-0.05, 0) is 32.4 Å². The molecule has 2 aromatic heterocycles. The third-order valence-corrected chi connectivity index (χ3v) is 4.16. The smallest absolute Gasteiger partial charge is 0.138 e. The number of hydrogen-bond donors (Lipinski definition) is 1. The Bertz CT molecular complexity index is 516. The van der Waals surface area contributed by atoms with Gasteiger partial charge in [0.15, 0.2) is 0 Å². The van der Waals surface area contributed by atoms with E-state index in [1.54, 1.807) is 17.7 Å². The van der Waals surface area contributed by atoms with E-state index >= 15 is 0 Å². The fourth-order valence-electron chi connectivity index (χ4n) is 1.94. The lowest BCUT2D eigenvalue weighted by atomic mass is 10.00. The number of thiophene rings is 1. The molecule has 0 saturated carbocycles. The SMILES string of the molecule is CCCn1ncnc1CC(C)(O)c1ccc(C)s1. The second-order valence-electron chi connectivity index (χ2n) is 4.76. The molecule has 0 aliphatic carbocycles. The monoisotopic (exact) mass is 265 g/mol. The summed E-state index contributed by atoms with van der Waals surface area (Å²) in [6.45, 7) is 6.83. The highest BCUT2D eigenvalue weighted by Gasteiger charge is 2.27. The summed E-state index contributed by atoms with van der Waals surface area (Å²) in [5.74, 6) is 0.841. The van der Waals surface area contributed by atoms with Crippen LogP contribution < -0.4 is 0 Å². The molecule has 98 valence electrons. The molecule has 0 fully saturated rings. The maximum absolute atomic E-state index is 10.6. The Labute approximate surface area is 111 Å². The Morgan fingerprint density at radius 1 is 1.44 bits per heavy atom. The number of hydrogen-bond acceptors (Lipinski definition) is 4. The van der Waals surface area contributed by atoms with Crippen molar-refractivity contribution in [1.82, 2.24) is 14.8 Å². The van der Waals surface area contributed by atoms with E-state index in [1.807, 2.05) is 30.7 Å². The molecular formula is C13H19N3OS. The van der Waals surface area contributed by atoms with Gasteiger partial charge in [-0.2, -0.15) is 5.10 Å². The predicted octanol–water partition coefficient (Wildman–Crippen LogP) is 2.51. The van der Waals surface area contributed by atoms with Gasteiger partial charge in [-0.15, -0.1) is 11.3 Å². The highest BCUT2D eigenvalue weighted by molar-refractivity contribution is 7.12. The summed E-state index contributed by atoms with van der Waals surface area (Å²) in [7, 11) is 0. The van der Waals surface area contributed by atoms with Gasteiger partial charge >= 0.3 is 0 Å². The highest BCUT2D eigenvalue weighted by atomic mass is 32.1. The Kier molecular flexibility index (Phi) is 3.82. The van der Waals surface area contributed by atoms with Crippen molar-refractivity contribution in [3.05, 3.63) is 34.0 Å². The van der Waals surface area contributed by atoms with Crippen molar-refractivity contribution < 1.29 is 5.11 Å². The summed E-state index contributed by atoms with van der Waals surface area (Å²) < 4.78 is 1.87. The first-order valence-electron chi connectivity index (χ1n) is 6.19. The lowest BCUT2D eigenvalue weighted by Crippen LogP contribution is -2.25. The molecule has 2 aromatic rings. The van der Waals surface area contributed by atoms with Gasteiger partial charge in [-0.1, -0.05) is 6.92 Å². The molecular weight excluding hydrogens is 246 g/mol. The number of aliphatic hydroxyl groups is 1. The topological polar surface area (TPSA) is 50.9 Å². The molecule has 1 N–H and O–H groups in total. The van der Waals surface area contributed by atoms with Crippen LogP contribution in [0, 0.1) is 6.92 Å². The first-order valence-corrected chi connectivity index (χ1v) is 7.00. The zero-order valence-electron chi connectivity index (χ0n) is 11.1. The van der Waals surface area contributed by atoms with Gasteiger partial charge < -0.3 is 5.11 Å². The average Bonchev–Trinajstić information content (AvgIpc) is 2.89. The highest BCUT2D eigenvalue weighted by Crippen LogP contribution is 2.30. The van der Waals surface area contributed by atoms with Gasteiger partial charge in [0.2, 0.25) is 0 Å². The van der Waals surface area contributed by atoms with Crippen molar-refractivity contribution >= 4 is 11.3 Å². The van der Waals surface area contributed by atoms with Gasteiger partial charge in [0.25, 0.3) is 0 Å². The lowest BCUT2D eigenvalue weighted by molar-refractivity contribution is 0.0580.